The highest BCUT2D eigenvalue weighted by Crippen LogP contribution is 2.09. The topological polar surface area (TPSA) is 34.1 Å². The van der Waals surface area contributed by atoms with Crippen LogP contribution in [0.15, 0.2) is 0 Å². The van der Waals surface area contributed by atoms with Gasteiger partial charge in [-0.1, -0.05) is 25.1 Å². The molecule has 0 rings (SSSR count). The van der Waals surface area contributed by atoms with Gasteiger partial charge in [-0.15, -0.1) is 0 Å². The van der Waals surface area contributed by atoms with Crippen LogP contribution in [0.3, 0.4) is 0 Å². The minimum Gasteiger partial charge on any atom is -0.303 e. The van der Waals surface area contributed by atoms with E-state index in [-0.39, 0.29) is 11.0 Å². The summed E-state index contributed by atoms with van der Waals surface area (Å²) in [5, 5.41) is 0.179. The zero-order valence-electron chi connectivity index (χ0n) is 7.71. The molecule has 0 aromatic carbocycles. The summed E-state index contributed by atoms with van der Waals surface area (Å²) >= 11 is 1.36. The van der Waals surface area contributed by atoms with E-state index in [0.29, 0.717) is 0 Å². The van der Waals surface area contributed by atoms with Crippen LogP contribution in [0.2, 0.25) is 0 Å². The van der Waals surface area contributed by atoms with Gasteiger partial charge in [-0.3, -0.25) is 4.79 Å². The van der Waals surface area contributed by atoms with Crippen LogP contribution in [0.5, 0.6) is 0 Å². The van der Waals surface area contributed by atoms with Crippen LogP contribution < -0.4 is 0 Å². The molecule has 0 heterocycles. The summed E-state index contributed by atoms with van der Waals surface area (Å²) in [6.07, 6.45) is 4.00. The maximum absolute atomic E-state index is 10.5. The quantitative estimate of drug-likeness (QED) is 0.473. The van der Waals surface area contributed by atoms with E-state index >= 15 is 0 Å². The Balaban J connectivity index is 3.10. The minimum absolute atomic E-state index is 0.173. The Hall–Kier alpha value is -0.310. The molecule has 0 aliphatic carbocycles. The molecule has 0 N–H and O–H groups in total. The van der Waals surface area contributed by atoms with Crippen molar-refractivity contribution in [2.24, 2.45) is 5.92 Å². The predicted molar refractivity (Wildman–Crippen MR) is 52.2 cm³/mol. The Morgan fingerprint density at radius 2 is 2.17 bits per heavy atom. The molecule has 0 amide bonds. The van der Waals surface area contributed by atoms with Crippen LogP contribution in [-0.2, 0) is 9.59 Å². The lowest BCUT2D eigenvalue weighted by molar-refractivity contribution is -0.111. The molecule has 0 aliphatic rings. The third-order valence-electron chi connectivity index (χ3n) is 1.59. The minimum atomic E-state index is 0.173. The van der Waals surface area contributed by atoms with Crippen molar-refractivity contribution in [3.8, 4) is 0 Å². The predicted octanol–water partition coefficient (Wildman–Crippen LogP) is 2.27. The van der Waals surface area contributed by atoms with Crippen LogP contribution in [0, 0.1) is 5.92 Å². The molecule has 0 aromatic rings. The number of thioether (sulfide) groups is 1. The Bertz CT molecular complexity index is 145. The van der Waals surface area contributed by atoms with Crippen LogP contribution in [-0.4, -0.2) is 17.2 Å². The number of hydrogen-bond donors (Lipinski definition) is 0. The monoisotopic (exact) mass is 188 g/mol. The summed E-state index contributed by atoms with van der Waals surface area (Å²) in [7, 11) is 0. The van der Waals surface area contributed by atoms with Crippen molar-refractivity contribution in [2.75, 3.05) is 5.75 Å². The van der Waals surface area contributed by atoms with Gasteiger partial charge in [0, 0.05) is 18.6 Å². The van der Waals surface area contributed by atoms with Crippen LogP contribution >= 0.6 is 11.8 Å². The van der Waals surface area contributed by atoms with E-state index in [1.54, 1.807) is 6.92 Å². The maximum Gasteiger partial charge on any atom is 0.185 e. The van der Waals surface area contributed by atoms with Crippen molar-refractivity contribution < 1.29 is 9.59 Å². The zero-order valence-corrected chi connectivity index (χ0v) is 8.52. The lowest BCUT2D eigenvalue weighted by Crippen LogP contribution is -1.96. The second kappa shape index (κ2) is 7.35. The summed E-state index contributed by atoms with van der Waals surface area (Å²) in [5.74, 6) is 1.06. The van der Waals surface area contributed by atoms with E-state index in [1.165, 1.54) is 11.8 Å². The van der Waals surface area contributed by atoms with Crippen molar-refractivity contribution in [2.45, 2.75) is 33.1 Å². The summed E-state index contributed by atoms with van der Waals surface area (Å²) in [5.41, 5.74) is 0. The van der Waals surface area contributed by atoms with Crippen molar-refractivity contribution >= 4 is 23.2 Å². The molecule has 0 spiro atoms. The number of aldehydes is 1. The van der Waals surface area contributed by atoms with Gasteiger partial charge in [0.15, 0.2) is 5.12 Å². The molecule has 0 unspecified atom stereocenters. The van der Waals surface area contributed by atoms with E-state index in [1.807, 2.05) is 6.92 Å². The van der Waals surface area contributed by atoms with Crippen molar-refractivity contribution in [3.63, 3.8) is 0 Å². The molecule has 0 bridgehead atoms. The fraction of sp³-hybridized carbons (Fsp3) is 0.778. The average Bonchev–Trinajstić information content (AvgIpc) is 2.03. The Labute approximate surface area is 78.1 Å². The Kier molecular flexibility index (Phi) is 7.16. The lowest BCUT2D eigenvalue weighted by atomic mass is 10.1. The highest BCUT2D eigenvalue weighted by Gasteiger charge is 1.99. The first-order valence-electron chi connectivity index (χ1n) is 4.25. The Morgan fingerprint density at radius 1 is 1.50 bits per heavy atom. The number of rotatable bonds is 6. The van der Waals surface area contributed by atoms with Crippen molar-refractivity contribution in [3.05, 3.63) is 0 Å². The summed E-state index contributed by atoms with van der Waals surface area (Å²) in [4.78, 5) is 20.7. The van der Waals surface area contributed by atoms with Gasteiger partial charge < -0.3 is 4.79 Å². The van der Waals surface area contributed by atoms with Gasteiger partial charge in [0.25, 0.3) is 0 Å². The molecule has 2 nitrogen and oxygen atoms in total. The van der Waals surface area contributed by atoms with E-state index in [9.17, 15) is 9.59 Å². The molecular weight excluding hydrogens is 172 g/mol. The second-order valence-electron chi connectivity index (χ2n) is 2.95. The third kappa shape index (κ3) is 7.79. The van der Waals surface area contributed by atoms with Gasteiger partial charge in [-0.25, -0.2) is 0 Å². The van der Waals surface area contributed by atoms with Gasteiger partial charge in [0.2, 0.25) is 0 Å². The van der Waals surface area contributed by atoms with Crippen LogP contribution in [0.1, 0.15) is 33.1 Å². The maximum atomic E-state index is 10.5. The highest BCUT2D eigenvalue weighted by molar-refractivity contribution is 8.13. The molecule has 1 atom stereocenters. The van der Waals surface area contributed by atoms with E-state index in [0.717, 1.165) is 31.3 Å². The highest BCUT2D eigenvalue weighted by atomic mass is 32.2. The van der Waals surface area contributed by atoms with E-state index < -0.39 is 0 Å². The van der Waals surface area contributed by atoms with Crippen molar-refractivity contribution in [1.82, 2.24) is 0 Å². The molecule has 0 aliphatic heterocycles. The van der Waals surface area contributed by atoms with E-state index in [2.05, 4.69) is 0 Å². The summed E-state index contributed by atoms with van der Waals surface area (Å²) < 4.78 is 0. The first-order chi connectivity index (χ1) is 5.66. The summed E-state index contributed by atoms with van der Waals surface area (Å²) in [6, 6.07) is 0. The molecule has 70 valence electrons. The third-order valence-corrected chi connectivity index (χ3v) is 2.49. The molecule has 3 heteroatoms. The molecule has 12 heavy (non-hydrogen) atoms. The molecule has 0 saturated heterocycles. The molecule has 0 saturated carbocycles. The van der Waals surface area contributed by atoms with Crippen molar-refractivity contribution in [1.29, 1.82) is 0 Å². The molecule has 0 aromatic heterocycles. The first-order valence-corrected chi connectivity index (χ1v) is 5.24. The standard InChI is InChI=1S/C9H16O2S/c1-8(7-10)5-3-4-6-12-9(2)11/h7-8H,3-6H2,1-2H3/t8-/m0/s1. The fourth-order valence-corrected chi connectivity index (χ4v) is 1.49. The molecule has 0 fully saturated rings. The first kappa shape index (κ1) is 11.7. The number of carbonyl (C=O) groups excluding carboxylic acids is 2. The smallest absolute Gasteiger partial charge is 0.185 e. The largest absolute Gasteiger partial charge is 0.303 e. The second-order valence-corrected chi connectivity index (χ2v) is 4.22. The van der Waals surface area contributed by atoms with Gasteiger partial charge in [-0.05, 0) is 12.8 Å². The fourth-order valence-electron chi connectivity index (χ4n) is 0.852. The zero-order chi connectivity index (χ0) is 9.40. The Morgan fingerprint density at radius 3 is 2.67 bits per heavy atom. The van der Waals surface area contributed by atoms with Crippen LogP contribution in [0.25, 0.3) is 0 Å². The number of hydrogen-bond acceptors (Lipinski definition) is 3. The average molecular weight is 188 g/mol. The SMILES string of the molecule is CC(=O)SCCCC[C@H](C)C=O. The normalized spacial score (nSPS) is 12.5. The van der Waals surface area contributed by atoms with Gasteiger partial charge in [0.05, 0.1) is 0 Å². The van der Waals surface area contributed by atoms with Crippen LogP contribution in [0.4, 0.5) is 0 Å². The lowest BCUT2D eigenvalue weighted by Gasteiger charge is -2.01. The van der Waals surface area contributed by atoms with E-state index in [4.69, 9.17) is 0 Å². The molecule has 0 radical (unpaired) electrons. The number of unbranched alkanes of at least 4 members (excludes halogenated alkanes) is 1. The van der Waals surface area contributed by atoms with Gasteiger partial charge in [0.1, 0.15) is 6.29 Å². The summed E-state index contributed by atoms with van der Waals surface area (Å²) in [6.45, 7) is 3.50. The number of carbonyl (C=O) groups is 2. The van der Waals surface area contributed by atoms with Gasteiger partial charge in [-0.2, -0.15) is 0 Å². The molecular formula is C9H16O2S. The van der Waals surface area contributed by atoms with Gasteiger partial charge >= 0.3 is 0 Å².